The molecule has 1 aromatic carbocycles. The van der Waals surface area contributed by atoms with E-state index in [1.807, 2.05) is 50.3 Å². The molecule has 0 heterocycles. The third-order valence-corrected chi connectivity index (χ3v) is 2.23. The Bertz CT molecular complexity index is 301. The van der Waals surface area contributed by atoms with E-state index in [4.69, 9.17) is 4.74 Å². The smallest absolute Gasteiger partial charge is 0.119 e. The Labute approximate surface area is 91.2 Å². The molecule has 0 bridgehead atoms. The van der Waals surface area contributed by atoms with Crippen LogP contribution in [0.1, 0.15) is 31.9 Å². The highest BCUT2D eigenvalue weighted by atomic mass is 16.5. The van der Waals surface area contributed by atoms with Gasteiger partial charge in [-0.2, -0.15) is 0 Å². The summed E-state index contributed by atoms with van der Waals surface area (Å²) in [5.41, 5.74) is 0.941. The van der Waals surface area contributed by atoms with Crippen LogP contribution in [0.15, 0.2) is 36.4 Å². The van der Waals surface area contributed by atoms with E-state index in [-0.39, 0.29) is 6.10 Å². The normalized spacial score (nSPS) is 13.0. The number of benzene rings is 1. The quantitative estimate of drug-likeness (QED) is 0.750. The predicted molar refractivity (Wildman–Crippen MR) is 62.0 cm³/mol. The summed E-state index contributed by atoms with van der Waals surface area (Å²) in [6.45, 7) is 4.51. The molecular formula is C13H18O2. The maximum absolute atomic E-state index is 9.58. The van der Waals surface area contributed by atoms with Gasteiger partial charge in [0, 0.05) is 0 Å². The van der Waals surface area contributed by atoms with Crippen molar-refractivity contribution in [2.45, 2.75) is 26.4 Å². The molecule has 0 aliphatic rings. The molecule has 0 saturated carbocycles. The van der Waals surface area contributed by atoms with Crippen LogP contribution >= 0.6 is 0 Å². The van der Waals surface area contributed by atoms with Gasteiger partial charge in [0.2, 0.25) is 0 Å². The van der Waals surface area contributed by atoms with Gasteiger partial charge in [-0.05, 0) is 31.0 Å². The zero-order valence-corrected chi connectivity index (χ0v) is 9.31. The van der Waals surface area contributed by atoms with Crippen molar-refractivity contribution in [3.63, 3.8) is 0 Å². The van der Waals surface area contributed by atoms with Crippen LogP contribution < -0.4 is 4.74 Å². The van der Waals surface area contributed by atoms with Crippen molar-refractivity contribution in [1.29, 1.82) is 0 Å². The summed E-state index contributed by atoms with van der Waals surface area (Å²) >= 11 is 0. The van der Waals surface area contributed by atoms with Gasteiger partial charge in [-0.15, -0.1) is 0 Å². The Hall–Kier alpha value is -1.28. The van der Waals surface area contributed by atoms with Crippen LogP contribution in [0.25, 0.3) is 0 Å². The molecule has 2 heteroatoms. The van der Waals surface area contributed by atoms with E-state index in [0.717, 1.165) is 17.7 Å². The molecule has 0 unspecified atom stereocenters. The lowest BCUT2D eigenvalue weighted by atomic mass is 10.1. The Kier molecular flexibility index (Phi) is 4.91. The molecule has 0 amide bonds. The molecule has 1 atom stereocenters. The van der Waals surface area contributed by atoms with Gasteiger partial charge >= 0.3 is 0 Å². The second kappa shape index (κ2) is 6.25. The van der Waals surface area contributed by atoms with Gasteiger partial charge in [0.25, 0.3) is 0 Å². The average Bonchev–Trinajstić information content (AvgIpc) is 2.29. The third kappa shape index (κ3) is 3.76. The number of rotatable bonds is 5. The van der Waals surface area contributed by atoms with Crippen molar-refractivity contribution in [3.8, 4) is 5.75 Å². The molecule has 1 N–H and O–H groups in total. The fourth-order valence-electron chi connectivity index (χ4n) is 1.26. The summed E-state index contributed by atoms with van der Waals surface area (Å²) in [6.07, 6.45) is 4.28. The molecular weight excluding hydrogens is 188 g/mol. The summed E-state index contributed by atoms with van der Waals surface area (Å²) in [6, 6.07) is 7.58. The van der Waals surface area contributed by atoms with E-state index in [1.165, 1.54) is 0 Å². The molecule has 0 spiro atoms. The molecule has 82 valence electrons. The summed E-state index contributed by atoms with van der Waals surface area (Å²) in [7, 11) is 0. The van der Waals surface area contributed by atoms with Crippen LogP contribution in [-0.4, -0.2) is 11.7 Å². The summed E-state index contributed by atoms with van der Waals surface area (Å²) < 4.78 is 5.45. The number of aliphatic hydroxyl groups excluding tert-OH is 1. The van der Waals surface area contributed by atoms with E-state index < -0.39 is 0 Å². The minimum atomic E-state index is -0.366. The molecule has 1 aromatic rings. The number of hydrogen-bond donors (Lipinski definition) is 1. The molecule has 0 fully saturated rings. The van der Waals surface area contributed by atoms with E-state index in [9.17, 15) is 5.11 Å². The van der Waals surface area contributed by atoms with Gasteiger partial charge in [-0.25, -0.2) is 0 Å². The average molecular weight is 206 g/mol. The van der Waals surface area contributed by atoms with Crippen LogP contribution in [0.4, 0.5) is 0 Å². The van der Waals surface area contributed by atoms with Crippen molar-refractivity contribution in [2.75, 3.05) is 6.61 Å². The maximum Gasteiger partial charge on any atom is 0.119 e. The van der Waals surface area contributed by atoms with Crippen molar-refractivity contribution >= 4 is 0 Å². The summed E-state index contributed by atoms with van der Waals surface area (Å²) in [4.78, 5) is 0. The topological polar surface area (TPSA) is 29.5 Å². The minimum Gasteiger partial charge on any atom is -0.490 e. The lowest BCUT2D eigenvalue weighted by Gasteiger charge is -2.09. The first-order chi connectivity index (χ1) is 7.27. The van der Waals surface area contributed by atoms with Gasteiger partial charge in [0.15, 0.2) is 0 Å². The molecule has 0 aliphatic carbocycles. The fraction of sp³-hybridized carbons (Fsp3) is 0.385. The Morgan fingerprint density at radius 1 is 1.33 bits per heavy atom. The highest BCUT2D eigenvalue weighted by Gasteiger charge is 2.03. The molecule has 0 saturated heterocycles. The van der Waals surface area contributed by atoms with Gasteiger partial charge < -0.3 is 9.84 Å². The number of allylic oxidation sites excluding steroid dienone is 1. The molecule has 1 rings (SSSR count). The largest absolute Gasteiger partial charge is 0.490 e. The van der Waals surface area contributed by atoms with Crippen LogP contribution in [-0.2, 0) is 0 Å². The first kappa shape index (κ1) is 11.8. The van der Waals surface area contributed by atoms with Gasteiger partial charge in [0.05, 0.1) is 6.10 Å². The van der Waals surface area contributed by atoms with Crippen molar-refractivity contribution in [1.82, 2.24) is 0 Å². The van der Waals surface area contributed by atoms with Crippen molar-refractivity contribution in [2.24, 2.45) is 0 Å². The monoisotopic (exact) mass is 206 g/mol. The highest BCUT2D eigenvalue weighted by molar-refractivity contribution is 5.28. The highest BCUT2D eigenvalue weighted by Crippen LogP contribution is 2.19. The van der Waals surface area contributed by atoms with Crippen LogP contribution in [0, 0.1) is 0 Å². The maximum atomic E-state index is 9.58. The molecule has 0 radical (unpaired) electrons. The lowest BCUT2D eigenvalue weighted by Crippen LogP contribution is -1.96. The first-order valence-corrected chi connectivity index (χ1v) is 5.30. The standard InChI is InChI=1S/C13H18O2/c1-3-5-10-15-12-8-6-11(7-9-12)13(14)4-2/h3,5-9,13-14H,4,10H2,1-2H3/t13-/m1/s1. The van der Waals surface area contributed by atoms with E-state index >= 15 is 0 Å². The number of ether oxygens (including phenoxy) is 1. The van der Waals surface area contributed by atoms with Crippen LogP contribution in [0.2, 0.25) is 0 Å². The van der Waals surface area contributed by atoms with E-state index in [2.05, 4.69) is 0 Å². The first-order valence-electron chi connectivity index (χ1n) is 5.30. The lowest BCUT2D eigenvalue weighted by molar-refractivity contribution is 0.173. The van der Waals surface area contributed by atoms with E-state index in [1.54, 1.807) is 0 Å². The van der Waals surface area contributed by atoms with Crippen LogP contribution in [0.3, 0.4) is 0 Å². The second-order valence-electron chi connectivity index (χ2n) is 3.37. The third-order valence-electron chi connectivity index (χ3n) is 2.23. The SMILES string of the molecule is CC=CCOc1ccc([C@H](O)CC)cc1. The number of aliphatic hydroxyl groups is 1. The fourth-order valence-corrected chi connectivity index (χ4v) is 1.26. The number of hydrogen-bond acceptors (Lipinski definition) is 2. The van der Waals surface area contributed by atoms with Crippen LogP contribution in [0.5, 0.6) is 5.75 Å². The predicted octanol–water partition coefficient (Wildman–Crippen LogP) is 3.08. The van der Waals surface area contributed by atoms with E-state index in [0.29, 0.717) is 6.61 Å². The van der Waals surface area contributed by atoms with Gasteiger partial charge in [0.1, 0.15) is 12.4 Å². The summed E-state index contributed by atoms with van der Waals surface area (Å²) in [5.74, 6) is 0.833. The van der Waals surface area contributed by atoms with Gasteiger partial charge in [-0.3, -0.25) is 0 Å². The minimum absolute atomic E-state index is 0.366. The summed E-state index contributed by atoms with van der Waals surface area (Å²) in [5, 5.41) is 9.58. The zero-order valence-electron chi connectivity index (χ0n) is 9.31. The Balaban J connectivity index is 2.56. The molecule has 0 aliphatic heterocycles. The van der Waals surface area contributed by atoms with Gasteiger partial charge in [-0.1, -0.05) is 31.2 Å². The molecule has 2 nitrogen and oxygen atoms in total. The zero-order chi connectivity index (χ0) is 11.1. The Morgan fingerprint density at radius 2 is 2.00 bits per heavy atom. The Morgan fingerprint density at radius 3 is 2.53 bits per heavy atom. The molecule has 15 heavy (non-hydrogen) atoms. The van der Waals surface area contributed by atoms with Crippen molar-refractivity contribution in [3.05, 3.63) is 42.0 Å². The van der Waals surface area contributed by atoms with Crippen molar-refractivity contribution < 1.29 is 9.84 Å². The molecule has 0 aromatic heterocycles. The second-order valence-corrected chi connectivity index (χ2v) is 3.37.